The van der Waals surface area contributed by atoms with Gasteiger partial charge in [-0.15, -0.1) is 0 Å². The normalized spacial score (nSPS) is 32.1. The molecule has 0 amide bonds. The molecule has 2 unspecified atom stereocenters. The fourth-order valence-electron chi connectivity index (χ4n) is 3.95. The number of methoxy groups -OCH3 is 1. The van der Waals surface area contributed by atoms with Crippen molar-refractivity contribution in [2.45, 2.75) is 76.7 Å². The average Bonchev–Trinajstić information content (AvgIpc) is 2.47. The van der Waals surface area contributed by atoms with E-state index in [1.54, 1.807) is 7.11 Å². The fourth-order valence-corrected chi connectivity index (χ4v) is 3.95. The van der Waals surface area contributed by atoms with Crippen LogP contribution in [0.5, 0.6) is 0 Å². The summed E-state index contributed by atoms with van der Waals surface area (Å²) in [6.45, 7) is 2.25. The first-order valence-corrected chi connectivity index (χ1v) is 7.81. The zero-order valence-corrected chi connectivity index (χ0v) is 12.0. The lowest BCUT2D eigenvalue weighted by Gasteiger charge is -2.39. The molecule has 2 aliphatic rings. The SMILES string of the molecule is CCC1CCCC(C(=O)C2(OC)CCCCC2)C1. The van der Waals surface area contributed by atoms with Gasteiger partial charge in [-0.1, -0.05) is 45.4 Å². The Morgan fingerprint density at radius 2 is 1.89 bits per heavy atom. The van der Waals surface area contributed by atoms with E-state index in [1.165, 1.54) is 25.7 Å². The lowest BCUT2D eigenvalue weighted by molar-refractivity contribution is -0.151. The summed E-state index contributed by atoms with van der Waals surface area (Å²) in [5.74, 6) is 1.48. The van der Waals surface area contributed by atoms with Gasteiger partial charge in [0.1, 0.15) is 5.60 Å². The monoisotopic (exact) mass is 252 g/mol. The van der Waals surface area contributed by atoms with Gasteiger partial charge in [-0.25, -0.2) is 0 Å². The summed E-state index contributed by atoms with van der Waals surface area (Å²) >= 11 is 0. The summed E-state index contributed by atoms with van der Waals surface area (Å²) in [6, 6.07) is 0. The predicted molar refractivity (Wildman–Crippen MR) is 73.6 cm³/mol. The van der Waals surface area contributed by atoms with E-state index in [1.807, 2.05) is 0 Å². The molecule has 2 nitrogen and oxygen atoms in total. The molecule has 0 heterocycles. The van der Waals surface area contributed by atoms with Crippen LogP contribution in [0.2, 0.25) is 0 Å². The molecule has 2 heteroatoms. The zero-order valence-electron chi connectivity index (χ0n) is 12.0. The lowest BCUT2D eigenvalue weighted by atomic mass is 9.71. The first-order chi connectivity index (χ1) is 8.72. The number of Topliss-reactive ketones (excluding diaryl/α,β-unsaturated/α-hetero) is 1. The second-order valence-corrected chi connectivity index (χ2v) is 6.26. The van der Waals surface area contributed by atoms with Gasteiger partial charge in [0.15, 0.2) is 5.78 Å². The third-order valence-electron chi connectivity index (χ3n) is 5.23. The molecule has 0 aromatic carbocycles. The topological polar surface area (TPSA) is 26.3 Å². The van der Waals surface area contributed by atoms with Crippen molar-refractivity contribution < 1.29 is 9.53 Å². The molecule has 0 N–H and O–H groups in total. The van der Waals surface area contributed by atoms with Gasteiger partial charge in [0.25, 0.3) is 0 Å². The van der Waals surface area contributed by atoms with Crippen molar-refractivity contribution in [3.63, 3.8) is 0 Å². The number of ether oxygens (including phenoxy) is 1. The van der Waals surface area contributed by atoms with Gasteiger partial charge in [-0.05, 0) is 31.6 Å². The summed E-state index contributed by atoms with van der Waals surface area (Å²) in [4.78, 5) is 12.8. The number of rotatable bonds is 4. The third kappa shape index (κ3) is 2.79. The molecule has 0 aliphatic heterocycles. The van der Waals surface area contributed by atoms with Crippen molar-refractivity contribution in [3.8, 4) is 0 Å². The van der Waals surface area contributed by atoms with E-state index in [2.05, 4.69) is 6.92 Å². The highest BCUT2D eigenvalue weighted by atomic mass is 16.5. The van der Waals surface area contributed by atoms with Crippen molar-refractivity contribution in [2.24, 2.45) is 11.8 Å². The number of ketones is 1. The van der Waals surface area contributed by atoms with Crippen LogP contribution in [0.25, 0.3) is 0 Å². The summed E-state index contributed by atoms with van der Waals surface area (Å²) < 4.78 is 5.71. The van der Waals surface area contributed by atoms with E-state index in [9.17, 15) is 4.79 Å². The first-order valence-electron chi connectivity index (χ1n) is 7.81. The second-order valence-electron chi connectivity index (χ2n) is 6.26. The predicted octanol–water partition coefficient (Wildman–Crippen LogP) is 4.12. The van der Waals surface area contributed by atoms with Crippen LogP contribution in [0.15, 0.2) is 0 Å². The summed E-state index contributed by atoms with van der Waals surface area (Å²) in [5.41, 5.74) is -0.418. The molecular formula is C16H28O2. The molecule has 0 aromatic rings. The van der Waals surface area contributed by atoms with E-state index >= 15 is 0 Å². The van der Waals surface area contributed by atoms with Gasteiger partial charge in [-0.3, -0.25) is 4.79 Å². The molecule has 2 rings (SSSR count). The minimum atomic E-state index is -0.418. The molecule has 0 bridgehead atoms. The van der Waals surface area contributed by atoms with Crippen LogP contribution in [0, 0.1) is 11.8 Å². The molecule has 2 atom stereocenters. The average molecular weight is 252 g/mol. The maximum Gasteiger partial charge on any atom is 0.167 e. The highest BCUT2D eigenvalue weighted by molar-refractivity contribution is 5.89. The van der Waals surface area contributed by atoms with Gasteiger partial charge in [0.05, 0.1) is 0 Å². The highest BCUT2D eigenvalue weighted by Gasteiger charge is 2.43. The Morgan fingerprint density at radius 3 is 2.50 bits per heavy atom. The van der Waals surface area contributed by atoms with Crippen molar-refractivity contribution in [1.82, 2.24) is 0 Å². The molecule has 2 saturated carbocycles. The lowest BCUT2D eigenvalue weighted by Crippen LogP contribution is -2.47. The van der Waals surface area contributed by atoms with Crippen LogP contribution in [-0.2, 0) is 9.53 Å². The van der Waals surface area contributed by atoms with Crippen molar-refractivity contribution >= 4 is 5.78 Å². The molecule has 0 aromatic heterocycles. The Bertz CT molecular complexity index is 279. The van der Waals surface area contributed by atoms with Crippen LogP contribution in [0.4, 0.5) is 0 Å². The number of carbonyl (C=O) groups is 1. The van der Waals surface area contributed by atoms with Gasteiger partial charge in [-0.2, -0.15) is 0 Å². The number of carbonyl (C=O) groups excluding carboxylic acids is 1. The molecule has 104 valence electrons. The number of hydrogen-bond donors (Lipinski definition) is 0. The first kappa shape index (κ1) is 14.0. The molecule has 0 spiro atoms. The van der Waals surface area contributed by atoms with E-state index < -0.39 is 5.60 Å². The van der Waals surface area contributed by atoms with Crippen LogP contribution < -0.4 is 0 Å². The van der Waals surface area contributed by atoms with Gasteiger partial charge < -0.3 is 4.74 Å². The van der Waals surface area contributed by atoms with Crippen molar-refractivity contribution in [3.05, 3.63) is 0 Å². The second kappa shape index (κ2) is 6.18. The maximum atomic E-state index is 12.8. The minimum absolute atomic E-state index is 0.279. The van der Waals surface area contributed by atoms with Crippen molar-refractivity contribution in [1.29, 1.82) is 0 Å². The Kier molecular flexibility index (Phi) is 4.83. The maximum absolute atomic E-state index is 12.8. The third-order valence-corrected chi connectivity index (χ3v) is 5.23. The Morgan fingerprint density at radius 1 is 1.17 bits per heavy atom. The zero-order chi connectivity index (χ0) is 13.0. The van der Waals surface area contributed by atoms with Crippen LogP contribution in [0.1, 0.15) is 71.1 Å². The highest BCUT2D eigenvalue weighted by Crippen LogP contribution is 2.39. The van der Waals surface area contributed by atoms with Crippen LogP contribution in [-0.4, -0.2) is 18.5 Å². The minimum Gasteiger partial charge on any atom is -0.370 e. The molecule has 0 radical (unpaired) electrons. The van der Waals surface area contributed by atoms with E-state index in [-0.39, 0.29) is 5.92 Å². The van der Waals surface area contributed by atoms with Crippen LogP contribution >= 0.6 is 0 Å². The molecule has 18 heavy (non-hydrogen) atoms. The molecule has 2 aliphatic carbocycles. The van der Waals surface area contributed by atoms with Gasteiger partial charge >= 0.3 is 0 Å². The molecule has 2 fully saturated rings. The smallest absolute Gasteiger partial charge is 0.167 e. The Labute approximate surface area is 111 Å². The van der Waals surface area contributed by atoms with Crippen LogP contribution in [0.3, 0.4) is 0 Å². The summed E-state index contributed by atoms with van der Waals surface area (Å²) in [5, 5.41) is 0. The van der Waals surface area contributed by atoms with E-state index in [0.29, 0.717) is 5.78 Å². The van der Waals surface area contributed by atoms with Gasteiger partial charge in [0.2, 0.25) is 0 Å². The standard InChI is InChI=1S/C16H28O2/c1-3-13-8-7-9-14(12-13)15(17)16(18-2)10-5-4-6-11-16/h13-14H,3-12H2,1-2H3. The summed E-state index contributed by atoms with van der Waals surface area (Å²) in [7, 11) is 1.74. The van der Waals surface area contributed by atoms with Crippen molar-refractivity contribution in [2.75, 3.05) is 7.11 Å². The Balaban J connectivity index is 2.04. The van der Waals surface area contributed by atoms with E-state index in [0.717, 1.165) is 44.4 Å². The summed E-state index contributed by atoms with van der Waals surface area (Å²) in [6.07, 6.45) is 11.5. The van der Waals surface area contributed by atoms with Gasteiger partial charge in [0, 0.05) is 13.0 Å². The fraction of sp³-hybridized carbons (Fsp3) is 0.938. The Hall–Kier alpha value is -0.370. The largest absolute Gasteiger partial charge is 0.370 e. The quantitative estimate of drug-likeness (QED) is 0.752. The van der Waals surface area contributed by atoms with E-state index in [4.69, 9.17) is 4.74 Å². The molecular weight excluding hydrogens is 224 g/mol. The number of hydrogen-bond acceptors (Lipinski definition) is 2. The molecule has 0 saturated heterocycles.